The Labute approximate surface area is 160 Å². The summed E-state index contributed by atoms with van der Waals surface area (Å²) in [5, 5.41) is 1.71. The van der Waals surface area contributed by atoms with Gasteiger partial charge in [-0.2, -0.15) is 13.2 Å². The number of carbonyl (C=O) groups excluding carboxylic acids is 1. The van der Waals surface area contributed by atoms with Gasteiger partial charge in [0.1, 0.15) is 12.3 Å². The van der Waals surface area contributed by atoms with Crippen molar-refractivity contribution in [2.45, 2.75) is 31.0 Å². The highest BCUT2D eigenvalue weighted by Gasteiger charge is 2.28. The molecule has 28 heavy (non-hydrogen) atoms. The number of hydrogen-bond donors (Lipinski definition) is 2. The highest BCUT2D eigenvalue weighted by Crippen LogP contribution is 2.21. The molecule has 152 valence electrons. The summed E-state index contributed by atoms with van der Waals surface area (Å²) in [4.78, 5) is 11.5. The van der Waals surface area contributed by atoms with Gasteiger partial charge in [-0.3, -0.25) is 9.52 Å². The number of benzene rings is 2. The third kappa shape index (κ3) is 6.45. The van der Waals surface area contributed by atoms with Crippen molar-refractivity contribution >= 4 is 21.6 Å². The van der Waals surface area contributed by atoms with Crippen LogP contribution in [0.3, 0.4) is 0 Å². The van der Waals surface area contributed by atoms with Crippen molar-refractivity contribution < 1.29 is 31.1 Å². The van der Waals surface area contributed by atoms with E-state index in [0.717, 1.165) is 24.3 Å². The zero-order valence-electron chi connectivity index (χ0n) is 15.1. The van der Waals surface area contributed by atoms with Crippen molar-refractivity contribution in [3.63, 3.8) is 0 Å². The lowest BCUT2D eigenvalue weighted by Gasteiger charge is -2.12. The second-order valence-electron chi connectivity index (χ2n) is 6.12. The number of ether oxygens (including phenoxy) is 1. The number of alkyl halides is 3. The summed E-state index contributed by atoms with van der Waals surface area (Å²) < 4.78 is 69.1. The van der Waals surface area contributed by atoms with Crippen molar-refractivity contribution in [2.75, 3.05) is 11.3 Å². The quantitative estimate of drug-likeness (QED) is 0.723. The minimum absolute atomic E-state index is 0.0191. The Balaban J connectivity index is 2.06. The molecule has 0 aromatic heterocycles. The van der Waals surface area contributed by atoms with Gasteiger partial charge in [0.2, 0.25) is 0 Å². The predicted molar refractivity (Wildman–Crippen MR) is 97.8 cm³/mol. The first-order chi connectivity index (χ1) is 13.0. The third-order valence-electron chi connectivity index (χ3n) is 3.35. The molecule has 10 heteroatoms. The maximum atomic E-state index is 12.4. The third-order valence-corrected chi connectivity index (χ3v) is 4.75. The molecule has 0 fully saturated rings. The van der Waals surface area contributed by atoms with E-state index >= 15 is 0 Å². The molecule has 0 unspecified atom stereocenters. The molecule has 2 N–H and O–H groups in total. The Morgan fingerprint density at radius 1 is 1.04 bits per heavy atom. The van der Waals surface area contributed by atoms with E-state index in [-0.39, 0.29) is 16.6 Å². The lowest BCUT2D eigenvalue weighted by atomic mass is 10.2. The monoisotopic (exact) mass is 416 g/mol. The first-order valence-corrected chi connectivity index (χ1v) is 9.69. The average molecular weight is 416 g/mol. The van der Waals surface area contributed by atoms with Crippen molar-refractivity contribution in [1.82, 2.24) is 5.32 Å². The fourth-order valence-corrected chi connectivity index (χ4v) is 3.21. The van der Waals surface area contributed by atoms with E-state index in [2.05, 4.69) is 4.72 Å². The van der Waals surface area contributed by atoms with E-state index in [1.807, 2.05) is 13.8 Å². The Morgan fingerprint density at radius 3 is 2.11 bits per heavy atom. The van der Waals surface area contributed by atoms with Crippen LogP contribution in [0.4, 0.5) is 18.9 Å². The summed E-state index contributed by atoms with van der Waals surface area (Å²) >= 11 is 0. The number of amides is 1. The molecule has 0 heterocycles. The molecule has 2 aromatic rings. The summed E-state index contributed by atoms with van der Waals surface area (Å²) in [5.41, 5.74) is 0.224. The molecule has 0 aliphatic rings. The van der Waals surface area contributed by atoms with Gasteiger partial charge in [0.05, 0.1) is 11.0 Å². The van der Waals surface area contributed by atoms with E-state index in [4.69, 9.17) is 4.74 Å². The van der Waals surface area contributed by atoms with Crippen LogP contribution in [-0.2, 0) is 10.0 Å². The van der Waals surface area contributed by atoms with Gasteiger partial charge < -0.3 is 10.1 Å². The van der Waals surface area contributed by atoms with E-state index in [1.54, 1.807) is 17.4 Å². The maximum Gasteiger partial charge on any atom is 0.405 e. The van der Waals surface area contributed by atoms with Gasteiger partial charge in [-0.1, -0.05) is 0 Å². The standard InChI is InChI=1S/C18H19F3N2O4S/c1-12(2)27-15-7-5-14(6-8-15)23-28(25,26)16-9-3-13(4-10-16)17(24)22-11-18(19,20)21/h3-10,12,23H,11H2,1-2H3,(H,22,24). The fourth-order valence-electron chi connectivity index (χ4n) is 2.16. The van der Waals surface area contributed by atoms with Crippen LogP contribution in [0.25, 0.3) is 0 Å². The molecule has 0 atom stereocenters. The van der Waals surface area contributed by atoms with Crippen LogP contribution in [-0.4, -0.2) is 33.1 Å². The van der Waals surface area contributed by atoms with Gasteiger partial charge >= 0.3 is 6.18 Å². The maximum absolute atomic E-state index is 12.4. The molecule has 0 aliphatic heterocycles. The molecular weight excluding hydrogens is 397 g/mol. The van der Waals surface area contributed by atoms with Crippen LogP contribution in [0.5, 0.6) is 5.75 Å². The zero-order chi connectivity index (χ0) is 20.9. The number of hydrogen-bond acceptors (Lipinski definition) is 4. The Kier molecular flexibility index (Phi) is 6.55. The van der Waals surface area contributed by atoms with E-state index in [1.165, 1.54) is 12.1 Å². The molecule has 0 spiro atoms. The topological polar surface area (TPSA) is 84.5 Å². The van der Waals surface area contributed by atoms with Gasteiger partial charge in [-0.15, -0.1) is 0 Å². The van der Waals surface area contributed by atoms with Crippen LogP contribution in [0, 0.1) is 0 Å². The molecule has 0 bridgehead atoms. The number of rotatable bonds is 7. The lowest BCUT2D eigenvalue weighted by molar-refractivity contribution is -0.123. The molecular formula is C18H19F3N2O4S. The van der Waals surface area contributed by atoms with Crippen LogP contribution in [0.15, 0.2) is 53.4 Å². The summed E-state index contributed by atoms with van der Waals surface area (Å²) in [5.74, 6) is -0.359. The van der Waals surface area contributed by atoms with Crippen molar-refractivity contribution in [3.05, 3.63) is 54.1 Å². The minimum Gasteiger partial charge on any atom is -0.491 e. The summed E-state index contributed by atoms with van der Waals surface area (Å²) in [6.07, 6.45) is -4.55. The van der Waals surface area contributed by atoms with Gasteiger partial charge in [0, 0.05) is 11.3 Å². The largest absolute Gasteiger partial charge is 0.491 e. The number of carbonyl (C=O) groups is 1. The minimum atomic E-state index is -4.53. The van der Waals surface area contributed by atoms with Crippen molar-refractivity contribution in [3.8, 4) is 5.75 Å². The molecule has 2 aromatic carbocycles. The molecule has 0 radical (unpaired) electrons. The first-order valence-electron chi connectivity index (χ1n) is 8.21. The second-order valence-corrected chi connectivity index (χ2v) is 7.80. The number of sulfonamides is 1. The van der Waals surface area contributed by atoms with Crippen LogP contribution >= 0.6 is 0 Å². The van der Waals surface area contributed by atoms with Gasteiger partial charge in [0.15, 0.2) is 0 Å². The molecule has 0 saturated carbocycles. The van der Waals surface area contributed by atoms with E-state index in [9.17, 15) is 26.4 Å². The normalized spacial score (nSPS) is 11.9. The molecule has 2 rings (SSSR count). The lowest BCUT2D eigenvalue weighted by Crippen LogP contribution is -2.33. The van der Waals surface area contributed by atoms with E-state index in [0.29, 0.717) is 11.4 Å². The van der Waals surface area contributed by atoms with Gasteiger partial charge in [-0.05, 0) is 62.4 Å². The highest BCUT2D eigenvalue weighted by molar-refractivity contribution is 7.92. The van der Waals surface area contributed by atoms with Crippen LogP contribution < -0.4 is 14.8 Å². The summed E-state index contributed by atoms with van der Waals surface area (Å²) in [7, 11) is -3.93. The number of halogens is 3. The van der Waals surface area contributed by atoms with E-state index < -0.39 is 28.7 Å². The Bertz CT molecular complexity index is 909. The molecule has 0 aliphatic carbocycles. The summed E-state index contributed by atoms with van der Waals surface area (Å²) in [6.45, 7) is 2.26. The van der Waals surface area contributed by atoms with Crippen LogP contribution in [0.1, 0.15) is 24.2 Å². The SMILES string of the molecule is CC(C)Oc1ccc(NS(=O)(=O)c2ccc(C(=O)NCC(F)(F)F)cc2)cc1. The molecule has 1 amide bonds. The summed E-state index contributed by atoms with van der Waals surface area (Å²) in [6, 6.07) is 10.9. The van der Waals surface area contributed by atoms with Crippen molar-refractivity contribution in [1.29, 1.82) is 0 Å². The Hall–Kier alpha value is -2.75. The van der Waals surface area contributed by atoms with Crippen molar-refractivity contribution in [2.24, 2.45) is 0 Å². The molecule has 6 nitrogen and oxygen atoms in total. The smallest absolute Gasteiger partial charge is 0.405 e. The highest BCUT2D eigenvalue weighted by atomic mass is 32.2. The fraction of sp³-hybridized carbons (Fsp3) is 0.278. The zero-order valence-corrected chi connectivity index (χ0v) is 15.9. The second kappa shape index (κ2) is 8.51. The van der Waals surface area contributed by atoms with Gasteiger partial charge in [0.25, 0.3) is 15.9 Å². The molecule has 0 saturated heterocycles. The van der Waals surface area contributed by atoms with Crippen LogP contribution in [0.2, 0.25) is 0 Å². The Morgan fingerprint density at radius 2 is 1.61 bits per heavy atom. The average Bonchev–Trinajstić information content (AvgIpc) is 2.60. The number of nitrogens with one attached hydrogen (secondary N) is 2. The first kappa shape index (κ1) is 21.5. The van der Waals surface area contributed by atoms with Gasteiger partial charge in [-0.25, -0.2) is 8.42 Å². The number of anilines is 1. The predicted octanol–water partition coefficient (Wildman–Crippen LogP) is 3.57.